The molecule has 0 aliphatic heterocycles. The Morgan fingerprint density at radius 2 is 2.12 bits per heavy atom. The van der Waals surface area contributed by atoms with Crippen molar-refractivity contribution in [1.82, 2.24) is 4.98 Å². The van der Waals surface area contributed by atoms with Gasteiger partial charge in [-0.3, -0.25) is 4.79 Å². The second kappa shape index (κ2) is 4.44. The van der Waals surface area contributed by atoms with Gasteiger partial charge in [-0.05, 0) is 0 Å². The minimum atomic E-state index is -4.91. The third-order valence-corrected chi connectivity index (χ3v) is 1.70. The van der Waals surface area contributed by atoms with Gasteiger partial charge in [0.1, 0.15) is 0 Å². The van der Waals surface area contributed by atoms with Gasteiger partial charge in [0.15, 0.2) is 11.5 Å². The largest absolute Gasteiger partial charge is 0.573 e. The standard InChI is InChI=1S/C8H8F3NO4/c1-15-6-4(3-13)5(2-12-7(6)14)16-8(9,10)11/h2,13H,3H2,1H3,(H,12,14). The number of methoxy groups -OCH3 is 1. The van der Waals surface area contributed by atoms with Crippen molar-refractivity contribution in [3.63, 3.8) is 0 Å². The molecule has 0 saturated carbocycles. The van der Waals surface area contributed by atoms with Gasteiger partial charge in [-0.1, -0.05) is 0 Å². The highest BCUT2D eigenvalue weighted by molar-refractivity contribution is 5.41. The van der Waals surface area contributed by atoms with Crippen LogP contribution in [0.5, 0.6) is 11.5 Å². The summed E-state index contributed by atoms with van der Waals surface area (Å²) in [7, 11) is 1.10. The fourth-order valence-corrected chi connectivity index (χ4v) is 1.11. The number of hydrogen-bond donors (Lipinski definition) is 2. The monoisotopic (exact) mass is 239 g/mol. The van der Waals surface area contributed by atoms with E-state index < -0.39 is 30.0 Å². The van der Waals surface area contributed by atoms with Crippen LogP contribution in [0.2, 0.25) is 0 Å². The predicted molar refractivity (Wildman–Crippen MR) is 46.2 cm³/mol. The smallest absolute Gasteiger partial charge is 0.491 e. The van der Waals surface area contributed by atoms with E-state index in [-0.39, 0.29) is 5.56 Å². The number of aliphatic hydroxyl groups excluding tert-OH is 1. The van der Waals surface area contributed by atoms with E-state index in [9.17, 15) is 18.0 Å². The van der Waals surface area contributed by atoms with Crippen LogP contribution in [0.4, 0.5) is 13.2 Å². The Hall–Kier alpha value is -1.70. The van der Waals surface area contributed by atoms with Gasteiger partial charge in [-0.25, -0.2) is 0 Å². The third kappa shape index (κ3) is 2.66. The number of nitrogens with one attached hydrogen (secondary N) is 1. The van der Waals surface area contributed by atoms with E-state index in [0.717, 1.165) is 7.11 Å². The number of rotatable bonds is 3. The molecule has 1 rings (SSSR count). The Morgan fingerprint density at radius 3 is 2.56 bits per heavy atom. The van der Waals surface area contributed by atoms with Crippen LogP contribution in [0.1, 0.15) is 5.56 Å². The summed E-state index contributed by atoms with van der Waals surface area (Å²) < 4.78 is 44.1. The minimum Gasteiger partial charge on any atom is -0.491 e. The number of alkyl halides is 3. The summed E-state index contributed by atoms with van der Waals surface area (Å²) in [6.45, 7) is -0.807. The van der Waals surface area contributed by atoms with Crippen molar-refractivity contribution in [3.05, 3.63) is 22.1 Å². The van der Waals surface area contributed by atoms with Crippen molar-refractivity contribution in [2.45, 2.75) is 13.0 Å². The van der Waals surface area contributed by atoms with Crippen LogP contribution >= 0.6 is 0 Å². The highest BCUT2D eigenvalue weighted by Gasteiger charge is 2.33. The Labute approximate surface area is 87.4 Å². The average molecular weight is 239 g/mol. The second-order valence-electron chi connectivity index (χ2n) is 2.70. The number of aliphatic hydroxyl groups is 1. The van der Waals surface area contributed by atoms with Crippen LogP contribution in [0.15, 0.2) is 11.0 Å². The Morgan fingerprint density at radius 1 is 1.50 bits per heavy atom. The molecule has 0 aromatic carbocycles. The minimum absolute atomic E-state index is 0.358. The van der Waals surface area contributed by atoms with Gasteiger partial charge in [0.2, 0.25) is 0 Å². The number of aromatic amines is 1. The van der Waals surface area contributed by atoms with Gasteiger partial charge in [-0.2, -0.15) is 0 Å². The van der Waals surface area contributed by atoms with Gasteiger partial charge >= 0.3 is 6.36 Å². The summed E-state index contributed by atoms with van der Waals surface area (Å²) in [6, 6.07) is 0. The van der Waals surface area contributed by atoms with E-state index >= 15 is 0 Å². The average Bonchev–Trinajstić information content (AvgIpc) is 2.18. The summed E-state index contributed by atoms with van der Waals surface area (Å²) in [5, 5.41) is 8.87. The predicted octanol–water partition coefficient (Wildman–Crippen LogP) is 0.774. The van der Waals surface area contributed by atoms with Crippen LogP contribution in [0.25, 0.3) is 0 Å². The van der Waals surface area contributed by atoms with Gasteiger partial charge in [0.05, 0.1) is 19.3 Å². The van der Waals surface area contributed by atoms with Gasteiger partial charge in [-0.15, -0.1) is 13.2 Å². The first-order valence-corrected chi connectivity index (χ1v) is 4.04. The molecule has 0 aliphatic rings. The van der Waals surface area contributed by atoms with E-state index in [1.165, 1.54) is 0 Å². The molecule has 0 radical (unpaired) electrons. The van der Waals surface area contributed by atoms with E-state index in [1.807, 2.05) is 4.98 Å². The second-order valence-corrected chi connectivity index (χ2v) is 2.70. The molecule has 0 spiro atoms. The van der Waals surface area contributed by atoms with Gasteiger partial charge < -0.3 is 19.6 Å². The fourth-order valence-electron chi connectivity index (χ4n) is 1.11. The first-order chi connectivity index (χ1) is 7.39. The molecule has 1 aromatic heterocycles. The Bertz CT molecular complexity index is 426. The maximum absolute atomic E-state index is 12.0. The molecule has 0 bridgehead atoms. The van der Waals surface area contributed by atoms with Crippen molar-refractivity contribution in [3.8, 4) is 11.5 Å². The zero-order valence-corrected chi connectivity index (χ0v) is 8.09. The molecule has 2 N–H and O–H groups in total. The number of pyridine rings is 1. The topological polar surface area (TPSA) is 71.5 Å². The maximum atomic E-state index is 12.0. The Kier molecular flexibility index (Phi) is 3.43. The zero-order valence-electron chi connectivity index (χ0n) is 8.09. The molecule has 5 nitrogen and oxygen atoms in total. The Balaban J connectivity index is 3.25. The van der Waals surface area contributed by atoms with Crippen molar-refractivity contribution >= 4 is 0 Å². The SMILES string of the molecule is COc1c(CO)c(OC(F)(F)F)c[nH]c1=O. The molecule has 1 heterocycles. The lowest BCUT2D eigenvalue weighted by molar-refractivity contribution is -0.275. The molecule has 16 heavy (non-hydrogen) atoms. The molecule has 0 saturated heterocycles. The summed E-state index contributed by atoms with van der Waals surface area (Å²) in [4.78, 5) is 13.1. The molecule has 1 aromatic rings. The molecule has 0 aliphatic carbocycles. The highest BCUT2D eigenvalue weighted by atomic mass is 19.4. The number of H-pyrrole nitrogens is 1. The summed E-state index contributed by atoms with van der Waals surface area (Å²) in [5.74, 6) is -1.12. The van der Waals surface area contributed by atoms with Crippen LogP contribution in [0.3, 0.4) is 0 Å². The van der Waals surface area contributed by atoms with Crippen molar-refractivity contribution in [1.29, 1.82) is 0 Å². The van der Waals surface area contributed by atoms with Crippen LogP contribution < -0.4 is 15.0 Å². The van der Waals surface area contributed by atoms with E-state index in [0.29, 0.717) is 6.20 Å². The number of halogens is 3. The fraction of sp³-hybridized carbons (Fsp3) is 0.375. The highest BCUT2D eigenvalue weighted by Crippen LogP contribution is 2.29. The van der Waals surface area contributed by atoms with Gasteiger partial charge in [0.25, 0.3) is 5.56 Å². The molecular weight excluding hydrogens is 231 g/mol. The first kappa shape index (κ1) is 12.4. The molecule has 0 unspecified atom stereocenters. The quantitative estimate of drug-likeness (QED) is 0.817. The maximum Gasteiger partial charge on any atom is 0.573 e. The van der Waals surface area contributed by atoms with E-state index in [4.69, 9.17) is 5.11 Å². The van der Waals surface area contributed by atoms with E-state index in [2.05, 4.69) is 9.47 Å². The molecular formula is C8H8F3NO4. The summed E-state index contributed by atoms with van der Waals surface area (Å²) >= 11 is 0. The molecule has 0 atom stereocenters. The molecule has 8 heteroatoms. The van der Waals surface area contributed by atoms with Crippen LogP contribution in [-0.2, 0) is 6.61 Å². The lowest BCUT2D eigenvalue weighted by Gasteiger charge is -2.13. The van der Waals surface area contributed by atoms with Crippen molar-refractivity contribution < 1.29 is 27.8 Å². The zero-order chi connectivity index (χ0) is 12.3. The number of aromatic nitrogens is 1. The number of ether oxygens (including phenoxy) is 2. The van der Waals surface area contributed by atoms with Crippen LogP contribution in [-0.4, -0.2) is 23.6 Å². The summed E-state index contributed by atoms with van der Waals surface area (Å²) in [6.07, 6.45) is -4.20. The van der Waals surface area contributed by atoms with Gasteiger partial charge in [0, 0.05) is 6.20 Å². The molecule has 0 amide bonds. The number of hydrogen-bond acceptors (Lipinski definition) is 4. The van der Waals surface area contributed by atoms with E-state index in [1.54, 1.807) is 0 Å². The van der Waals surface area contributed by atoms with Crippen LogP contribution in [0, 0.1) is 0 Å². The normalized spacial score (nSPS) is 11.3. The first-order valence-electron chi connectivity index (χ1n) is 4.04. The van der Waals surface area contributed by atoms with Crippen molar-refractivity contribution in [2.75, 3.05) is 7.11 Å². The molecule has 90 valence electrons. The lowest BCUT2D eigenvalue weighted by Crippen LogP contribution is -2.21. The summed E-state index contributed by atoms with van der Waals surface area (Å²) in [5.41, 5.74) is -1.11. The third-order valence-electron chi connectivity index (χ3n) is 1.70. The molecule has 0 fully saturated rings. The van der Waals surface area contributed by atoms with Crippen molar-refractivity contribution in [2.24, 2.45) is 0 Å². The lowest BCUT2D eigenvalue weighted by atomic mass is 10.2.